The van der Waals surface area contributed by atoms with Crippen molar-refractivity contribution in [2.75, 3.05) is 0 Å². The summed E-state index contributed by atoms with van der Waals surface area (Å²) in [6.45, 7) is 7.13. The molecule has 0 unspecified atom stereocenters. The molecule has 0 spiro atoms. The number of ketones is 2. The first-order valence-corrected chi connectivity index (χ1v) is 5.81. The van der Waals surface area contributed by atoms with Crippen LogP contribution in [0.3, 0.4) is 0 Å². The van der Waals surface area contributed by atoms with Gasteiger partial charge in [-0.05, 0) is 27.7 Å². The summed E-state index contributed by atoms with van der Waals surface area (Å²) in [6.07, 6.45) is -0.0747. The first-order chi connectivity index (χ1) is 7.97. The minimum Gasteiger partial charge on any atom is -0.361 e. The van der Waals surface area contributed by atoms with E-state index in [0.717, 1.165) is 0 Å². The lowest BCUT2D eigenvalue weighted by atomic mass is 9.94. The van der Waals surface area contributed by atoms with E-state index in [-0.39, 0.29) is 18.0 Å². The molecule has 6 nitrogen and oxygen atoms in total. The second-order valence-corrected chi connectivity index (χ2v) is 5.50. The molecule has 2 rings (SSSR count). The molecule has 0 radical (unpaired) electrons. The lowest BCUT2D eigenvalue weighted by Gasteiger charge is -2.29. The number of hydrogen-bond acceptors (Lipinski definition) is 6. The van der Waals surface area contributed by atoms with Crippen LogP contribution in [0.1, 0.15) is 41.0 Å². The van der Waals surface area contributed by atoms with Gasteiger partial charge < -0.3 is 19.3 Å². The van der Waals surface area contributed by atoms with Crippen LogP contribution >= 0.6 is 0 Å². The van der Waals surface area contributed by atoms with Gasteiger partial charge in [-0.2, -0.15) is 0 Å². The highest BCUT2D eigenvalue weighted by molar-refractivity contribution is 5.86. The zero-order valence-electron chi connectivity index (χ0n) is 11.2. The van der Waals surface area contributed by atoms with Crippen LogP contribution in [0, 0.1) is 0 Å². The highest BCUT2D eigenvalue weighted by Crippen LogP contribution is 2.55. The van der Waals surface area contributed by atoms with Crippen molar-refractivity contribution in [2.45, 2.75) is 64.0 Å². The molecule has 4 atom stereocenters. The summed E-state index contributed by atoms with van der Waals surface area (Å²) >= 11 is 0. The Morgan fingerprint density at radius 2 is 1.56 bits per heavy atom. The number of Topliss-reactive ketones (excluding diaryl/α,β-unsaturated/α-hetero) is 2. The second kappa shape index (κ2) is 3.39. The third-order valence-electron chi connectivity index (χ3n) is 3.84. The molecule has 6 heteroatoms. The van der Waals surface area contributed by atoms with Gasteiger partial charge in [0.1, 0.15) is 5.60 Å². The molecular weight excluding hydrogens is 240 g/mol. The summed E-state index contributed by atoms with van der Waals surface area (Å²) in [6, 6.07) is 0. The summed E-state index contributed by atoms with van der Waals surface area (Å²) in [5, 5.41) is 10.5. The molecule has 2 heterocycles. The lowest BCUT2D eigenvalue weighted by Crippen LogP contribution is -2.45. The quantitative estimate of drug-likeness (QED) is 0.777. The monoisotopic (exact) mass is 258 g/mol. The first kappa shape index (κ1) is 13.6. The molecule has 2 fully saturated rings. The Labute approximate surface area is 105 Å². The van der Waals surface area contributed by atoms with E-state index in [1.807, 2.05) is 0 Å². The molecule has 2 saturated heterocycles. The maximum absolute atomic E-state index is 11.6. The molecule has 0 aromatic carbocycles. The fraction of sp³-hybridized carbons (Fsp3) is 0.833. The van der Waals surface area contributed by atoms with Crippen LogP contribution in [-0.4, -0.2) is 39.6 Å². The molecule has 0 saturated carbocycles. The van der Waals surface area contributed by atoms with Gasteiger partial charge in [-0.3, -0.25) is 9.59 Å². The smallest absolute Gasteiger partial charge is 0.231 e. The van der Waals surface area contributed by atoms with Gasteiger partial charge in [0.05, 0.1) is 0 Å². The zero-order valence-corrected chi connectivity index (χ0v) is 11.2. The summed E-state index contributed by atoms with van der Waals surface area (Å²) < 4.78 is 16.4. The summed E-state index contributed by atoms with van der Waals surface area (Å²) in [7, 11) is 0. The van der Waals surface area contributed by atoms with Crippen molar-refractivity contribution in [3.05, 3.63) is 0 Å². The van der Waals surface area contributed by atoms with Gasteiger partial charge in [0.25, 0.3) is 0 Å². The maximum Gasteiger partial charge on any atom is 0.231 e. The van der Waals surface area contributed by atoms with Crippen LogP contribution in [0.2, 0.25) is 0 Å². The highest BCUT2D eigenvalue weighted by Gasteiger charge is 2.73. The number of ether oxygens (including phenoxy) is 3. The third-order valence-corrected chi connectivity index (χ3v) is 3.84. The SMILES string of the molecule is CC(=O)[C@]1(C)O[C@]2(C)O[C@](C)(C(C)=O)C[C@]2(O)O1. The number of carbonyl (C=O) groups is 2. The summed E-state index contributed by atoms with van der Waals surface area (Å²) in [4.78, 5) is 23.1. The van der Waals surface area contributed by atoms with Gasteiger partial charge in [-0.1, -0.05) is 0 Å². The zero-order chi connectivity index (χ0) is 14.0. The molecule has 1 N–H and O–H groups in total. The van der Waals surface area contributed by atoms with E-state index in [1.54, 1.807) is 6.92 Å². The fourth-order valence-electron chi connectivity index (χ4n) is 2.45. The van der Waals surface area contributed by atoms with Gasteiger partial charge in [0, 0.05) is 13.3 Å². The van der Waals surface area contributed by atoms with E-state index in [2.05, 4.69) is 0 Å². The van der Waals surface area contributed by atoms with Crippen molar-refractivity contribution in [1.29, 1.82) is 0 Å². The van der Waals surface area contributed by atoms with Crippen molar-refractivity contribution in [2.24, 2.45) is 0 Å². The summed E-state index contributed by atoms with van der Waals surface area (Å²) in [5.74, 6) is -5.51. The van der Waals surface area contributed by atoms with E-state index in [4.69, 9.17) is 14.2 Å². The molecule has 2 aliphatic rings. The molecule has 0 bridgehead atoms. The Morgan fingerprint density at radius 3 is 1.94 bits per heavy atom. The van der Waals surface area contributed by atoms with E-state index in [1.165, 1.54) is 27.7 Å². The Balaban J connectivity index is 2.37. The van der Waals surface area contributed by atoms with Crippen LogP contribution in [0.25, 0.3) is 0 Å². The molecule has 0 aromatic heterocycles. The van der Waals surface area contributed by atoms with Crippen LogP contribution in [-0.2, 0) is 23.8 Å². The Morgan fingerprint density at radius 1 is 1.00 bits per heavy atom. The standard InChI is InChI=1S/C12H18O6/c1-7(13)9(3)6-12(15)11(5,16-9)17-10(4,18-12)8(2)14/h15H,6H2,1-5H3/t9-,10+,11-,12-/m0/s1. The average Bonchev–Trinajstić information content (AvgIpc) is 2.43. The number of carbonyl (C=O) groups excluding carboxylic acids is 2. The molecular formula is C12H18O6. The number of hydrogen-bond donors (Lipinski definition) is 1. The predicted octanol–water partition coefficient (Wildman–Crippen LogP) is 0.511. The normalized spacial score (nSPS) is 51.2. The second-order valence-electron chi connectivity index (χ2n) is 5.50. The topological polar surface area (TPSA) is 82.1 Å². The third kappa shape index (κ3) is 1.56. The van der Waals surface area contributed by atoms with Crippen molar-refractivity contribution in [1.82, 2.24) is 0 Å². The molecule has 2 aliphatic heterocycles. The van der Waals surface area contributed by atoms with Crippen molar-refractivity contribution >= 4 is 11.6 Å². The van der Waals surface area contributed by atoms with Crippen LogP contribution in [0.15, 0.2) is 0 Å². The Kier molecular flexibility index (Phi) is 2.56. The summed E-state index contributed by atoms with van der Waals surface area (Å²) in [5.41, 5.74) is -1.18. The first-order valence-electron chi connectivity index (χ1n) is 5.81. The lowest BCUT2D eigenvalue weighted by molar-refractivity contribution is -0.271. The van der Waals surface area contributed by atoms with Gasteiger partial charge >= 0.3 is 0 Å². The predicted molar refractivity (Wildman–Crippen MR) is 59.4 cm³/mol. The van der Waals surface area contributed by atoms with Crippen LogP contribution in [0.5, 0.6) is 0 Å². The minimum atomic E-state index is -1.81. The molecule has 18 heavy (non-hydrogen) atoms. The molecule has 0 aliphatic carbocycles. The van der Waals surface area contributed by atoms with Crippen molar-refractivity contribution in [3.8, 4) is 0 Å². The average molecular weight is 258 g/mol. The molecule has 0 amide bonds. The van der Waals surface area contributed by atoms with Gasteiger partial charge in [-0.15, -0.1) is 0 Å². The van der Waals surface area contributed by atoms with E-state index in [9.17, 15) is 14.7 Å². The van der Waals surface area contributed by atoms with Crippen LogP contribution < -0.4 is 0 Å². The van der Waals surface area contributed by atoms with Gasteiger partial charge in [-0.25, -0.2) is 0 Å². The highest BCUT2D eigenvalue weighted by atomic mass is 16.9. The van der Waals surface area contributed by atoms with Crippen LogP contribution in [0.4, 0.5) is 0 Å². The fourth-order valence-corrected chi connectivity index (χ4v) is 2.45. The Bertz CT molecular complexity index is 374. The van der Waals surface area contributed by atoms with Gasteiger partial charge in [0.15, 0.2) is 11.6 Å². The largest absolute Gasteiger partial charge is 0.361 e. The van der Waals surface area contributed by atoms with E-state index in [0.29, 0.717) is 0 Å². The van der Waals surface area contributed by atoms with Crippen molar-refractivity contribution in [3.63, 3.8) is 0 Å². The number of rotatable bonds is 2. The minimum absolute atomic E-state index is 0.0747. The van der Waals surface area contributed by atoms with Gasteiger partial charge in [0.2, 0.25) is 17.4 Å². The number of aliphatic hydroxyl groups is 1. The van der Waals surface area contributed by atoms with E-state index >= 15 is 0 Å². The Hall–Kier alpha value is -0.820. The molecule has 0 aromatic rings. The molecule has 102 valence electrons. The maximum atomic E-state index is 11.6. The number of fused-ring (bicyclic) bond motifs is 1. The van der Waals surface area contributed by atoms with E-state index < -0.39 is 23.0 Å². The van der Waals surface area contributed by atoms with Crippen molar-refractivity contribution < 1.29 is 28.9 Å².